The van der Waals surface area contributed by atoms with Crippen LogP contribution in [0.3, 0.4) is 0 Å². The number of hydrogen-bond donors (Lipinski definition) is 2. The summed E-state index contributed by atoms with van der Waals surface area (Å²) in [5.41, 5.74) is 2.22. The Morgan fingerprint density at radius 3 is 3.05 bits per heavy atom. The molecule has 20 heavy (non-hydrogen) atoms. The molecule has 1 atom stereocenters. The third-order valence-corrected chi connectivity index (χ3v) is 3.75. The summed E-state index contributed by atoms with van der Waals surface area (Å²) in [5, 5.41) is 6.74. The van der Waals surface area contributed by atoms with Gasteiger partial charge in [-0.2, -0.15) is 0 Å². The van der Waals surface area contributed by atoms with Crippen molar-refractivity contribution in [1.29, 1.82) is 0 Å². The number of amides is 1. The van der Waals surface area contributed by atoms with Gasteiger partial charge in [0.2, 0.25) is 0 Å². The number of rotatable bonds is 4. The van der Waals surface area contributed by atoms with E-state index in [1.54, 1.807) is 0 Å². The minimum atomic E-state index is -0.383. The van der Waals surface area contributed by atoms with Crippen LogP contribution in [0.25, 0.3) is 0 Å². The molecule has 1 aliphatic heterocycles. The second kappa shape index (κ2) is 6.81. The van der Waals surface area contributed by atoms with E-state index < -0.39 is 0 Å². The van der Waals surface area contributed by atoms with Crippen molar-refractivity contribution in [1.82, 2.24) is 10.6 Å². The second-order valence-electron chi connectivity index (χ2n) is 4.85. The number of anilines is 1. The fourth-order valence-corrected chi connectivity index (χ4v) is 2.87. The zero-order valence-corrected chi connectivity index (χ0v) is 12.5. The van der Waals surface area contributed by atoms with Crippen LogP contribution in [0.2, 0.25) is 5.02 Å². The monoisotopic (exact) mass is 297 g/mol. The minimum Gasteiger partial charge on any atom is -0.453 e. The van der Waals surface area contributed by atoms with E-state index in [1.807, 2.05) is 19.2 Å². The number of nitrogens with one attached hydrogen (secondary N) is 2. The summed E-state index contributed by atoms with van der Waals surface area (Å²) in [4.78, 5) is 13.5. The lowest BCUT2D eigenvalue weighted by atomic mass is 10.1. The molecule has 0 bridgehead atoms. The Bertz CT molecular complexity index is 481. The van der Waals surface area contributed by atoms with E-state index in [-0.39, 0.29) is 12.1 Å². The Morgan fingerprint density at radius 2 is 2.35 bits per heavy atom. The summed E-state index contributed by atoms with van der Waals surface area (Å²) in [7, 11) is 3.29. The fourth-order valence-electron chi connectivity index (χ4n) is 2.55. The lowest BCUT2D eigenvalue weighted by Crippen LogP contribution is -2.37. The Balaban J connectivity index is 2.11. The van der Waals surface area contributed by atoms with Gasteiger partial charge in [0, 0.05) is 19.6 Å². The maximum atomic E-state index is 11.3. The van der Waals surface area contributed by atoms with Gasteiger partial charge in [-0.3, -0.25) is 0 Å². The van der Waals surface area contributed by atoms with Gasteiger partial charge in [0.15, 0.2) is 0 Å². The number of hydrogen-bond acceptors (Lipinski definition) is 4. The molecule has 0 spiro atoms. The van der Waals surface area contributed by atoms with Crippen LogP contribution in [0.1, 0.15) is 12.0 Å². The number of alkyl carbamates (subject to hydrolysis) is 1. The second-order valence-corrected chi connectivity index (χ2v) is 5.25. The van der Waals surface area contributed by atoms with E-state index in [0.29, 0.717) is 0 Å². The van der Waals surface area contributed by atoms with Gasteiger partial charge in [0.25, 0.3) is 0 Å². The Labute approximate surface area is 124 Å². The quantitative estimate of drug-likeness (QED) is 0.892. The van der Waals surface area contributed by atoms with E-state index in [4.69, 9.17) is 11.6 Å². The predicted molar refractivity (Wildman–Crippen MR) is 80.4 cm³/mol. The number of benzene rings is 1. The third kappa shape index (κ3) is 3.35. The molecular weight excluding hydrogens is 278 g/mol. The summed E-state index contributed by atoms with van der Waals surface area (Å²) in [6.45, 7) is 2.38. The number of halogens is 1. The first-order valence-electron chi connectivity index (χ1n) is 6.67. The van der Waals surface area contributed by atoms with Crippen molar-refractivity contribution in [2.75, 3.05) is 32.1 Å². The van der Waals surface area contributed by atoms with Gasteiger partial charge >= 0.3 is 6.09 Å². The van der Waals surface area contributed by atoms with Gasteiger partial charge in [-0.15, -0.1) is 0 Å². The zero-order chi connectivity index (χ0) is 14.5. The highest BCUT2D eigenvalue weighted by molar-refractivity contribution is 6.33. The lowest BCUT2D eigenvalue weighted by molar-refractivity contribution is 0.167. The van der Waals surface area contributed by atoms with Crippen LogP contribution in [-0.2, 0) is 11.3 Å². The van der Waals surface area contributed by atoms with Crippen molar-refractivity contribution in [3.8, 4) is 0 Å². The first-order valence-corrected chi connectivity index (χ1v) is 7.05. The smallest absolute Gasteiger partial charge is 0.407 e. The Morgan fingerprint density at radius 1 is 1.55 bits per heavy atom. The molecule has 6 heteroatoms. The number of carbonyl (C=O) groups is 1. The largest absolute Gasteiger partial charge is 0.453 e. The number of carbonyl (C=O) groups excluding carboxylic acids is 1. The molecule has 0 saturated carbocycles. The van der Waals surface area contributed by atoms with Gasteiger partial charge in [-0.25, -0.2) is 4.79 Å². The average Bonchev–Trinajstić information content (AvgIpc) is 2.87. The molecule has 1 aromatic carbocycles. The lowest BCUT2D eigenvalue weighted by Gasteiger charge is -2.23. The van der Waals surface area contributed by atoms with Crippen LogP contribution in [0.15, 0.2) is 18.2 Å². The molecule has 110 valence electrons. The number of methoxy groups -OCH3 is 1. The summed E-state index contributed by atoms with van der Waals surface area (Å²) >= 11 is 6.34. The van der Waals surface area contributed by atoms with Gasteiger partial charge in [0.05, 0.1) is 23.9 Å². The van der Waals surface area contributed by atoms with Crippen LogP contribution >= 0.6 is 11.6 Å². The molecule has 0 aliphatic carbocycles. The van der Waals surface area contributed by atoms with E-state index >= 15 is 0 Å². The molecule has 5 nitrogen and oxygen atoms in total. The molecule has 1 amide bonds. The van der Waals surface area contributed by atoms with Gasteiger partial charge in [-0.05, 0) is 25.1 Å². The van der Waals surface area contributed by atoms with Crippen molar-refractivity contribution in [3.63, 3.8) is 0 Å². The van der Waals surface area contributed by atoms with Crippen molar-refractivity contribution in [2.24, 2.45) is 0 Å². The van der Waals surface area contributed by atoms with Crippen molar-refractivity contribution in [3.05, 3.63) is 28.8 Å². The molecule has 2 N–H and O–H groups in total. The molecule has 0 radical (unpaired) electrons. The molecule has 1 aromatic rings. The molecule has 2 rings (SSSR count). The van der Waals surface area contributed by atoms with Gasteiger partial charge < -0.3 is 20.3 Å². The van der Waals surface area contributed by atoms with Crippen molar-refractivity contribution in [2.45, 2.75) is 19.0 Å². The first-order chi connectivity index (χ1) is 9.65. The summed E-state index contributed by atoms with van der Waals surface area (Å²) in [6, 6.07) is 6.02. The summed E-state index contributed by atoms with van der Waals surface area (Å²) < 4.78 is 4.63. The van der Waals surface area contributed by atoms with Crippen LogP contribution in [0.4, 0.5) is 10.5 Å². The topological polar surface area (TPSA) is 53.6 Å². The van der Waals surface area contributed by atoms with Crippen molar-refractivity contribution >= 4 is 23.4 Å². The van der Waals surface area contributed by atoms with E-state index in [2.05, 4.69) is 26.3 Å². The highest BCUT2D eigenvalue weighted by Crippen LogP contribution is 2.32. The maximum absolute atomic E-state index is 11.3. The SMILES string of the molecule is CNCc1cccc(Cl)c1N1CCC(NC(=O)OC)C1. The molecule has 0 aromatic heterocycles. The Kier molecular flexibility index (Phi) is 5.09. The van der Waals surface area contributed by atoms with E-state index in [0.717, 1.165) is 36.8 Å². The van der Waals surface area contributed by atoms with Crippen molar-refractivity contribution < 1.29 is 9.53 Å². The zero-order valence-electron chi connectivity index (χ0n) is 11.8. The molecule has 1 unspecified atom stereocenters. The average molecular weight is 298 g/mol. The highest BCUT2D eigenvalue weighted by atomic mass is 35.5. The van der Waals surface area contributed by atoms with Crippen LogP contribution in [0.5, 0.6) is 0 Å². The summed E-state index contributed by atoms with van der Waals surface area (Å²) in [5.74, 6) is 0. The minimum absolute atomic E-state index is 0.0983. The van der Waals surface area contributed by atoms with Gasteiger partial charge in [0.1, 0.15) is 0 Å². The standard InChI is InChI=1S/C14H20ClN3O2/c1-16-8-10-4-3-5-12(15)13(10)18-7-6-11(9-18)17-14(19)20-2/h3-5,11,16H,6-9H2,1-2H3,(H,17,19). The van der Waals surface area contributed by atoms with Crippen LogP contribution < -0.4 is 15.5 Å². The molecule has 1 fully saturated rings. The Hall–Kier alpha value is -1.46. The summed E-state index contributed by atoms with van der Waals surface area (Å²) in [6.07, 6.45) is 0.505. The maximum Gasteiger partial charge on any atom is 0.407 e. The van der Waals surface area contributed by atoms with Gasteiger partial charge in [-0.1, -0.05) is 23.7 Å². The van der Waals surface area contributed by atoms with Crippen LogP contribution in [-0.4, -0.2) is 39.4 Å². The number of ether oxygens (including phenoxy) is 1. The highest BCUT2D eigenvalue weighted by Gasteiger charge is 2.26. The van der Waals surface area contributed by atoms with E-state index in [9.17, 15) is 4.79 Å². The fraction of sp³-hybridized carbons (Fsp3) is 0.500. The number of nitrogens with zero attached hydrogens (tertiary/aromatic N) is 1. The van der Waals surface area contributed by atoms with E-state index in [1.165, 1.54) is 12.7 Å². The molecule has 1 aliphatic rings. The molecule has 1 heterocycles. The molecule has 1 saturated heterocycles. The van der Waals surface area contributed by atoms with Crippen LogP contribution in [0, 0.1) is 0 Å². The molecular formula is C14H20ClN3O2. The first kappa shape index (κ1) is 14.9. The number of para-hydroxylation sites is 1. The normalized spacial score (nSPS) is 18.1. The third-order valence-electron chi connectivity index (χ3n) is 3.45. The predicted octanol–water partition coefficient (Wildman–Crippen LogP) is 1.99.